The smallest absolute Gasteiger partial charge is 0 e. The Labute approximate surface area is 83.6 Å². The molecule has 1 heterocycles. The molecule has 2 aliphatic rings. The van der Waals surface area contributed by atoms with Gasteiger partial charge in [-0.2, -0.15) is 6.92 Å². The number of rotatable bonds is 1. The summed E-state index contributed by atoms with van der Waals surface area (Å²) >= 11 is 0. The zero-order chi connectivity index (χ0) is 7.35. The maximum absolute atomic E-state index is 3.46. The maximum atomic E-state index is 3.46. The minimum Gasteiger partial charge on any atom is -0.467 e. The molecule has 1 aliphatic carbocycles. The summed E-state index contributed by atoms with van der Waals surface area (Å²) < 4.78 is 0. The molecule has 0 aromatic rings. The van der Waals surface area contributed by atoms with E-state index in [-0.39, 0.29) is 21.1 Å². The average molecular weight is 322 g/mol. The summed E-state index contributed by atoms with van der Waals surface area (Å²) in [5.74, 6) is 1.82. The van der Waals surface area contributed by atoms with Crippen LogP contribution in [-0.2, 0) is 21.1 Å². The van der Waals surface area contributed by atoms with E-state index >= 15 is 0 Å². The Morgan fingerprint density at radius 2 is 2.18 bits per heavy atom. The van der Waals surface area contributed by atoms with Gasteiger partial charge in [-0.1, -0.05) is 32.1 Å². The van der Waals surface area contributed by atoms with E-state index in [1.54, 1.807) is 6.04 Å². The van der Waals surface area contributed by atoms with Gasteiger partial charge >= 0.3 is 0 Å². The van der Waals surface area contributed by atoms with Crippen molar-refractivity contribution < 1.29 is 21.1 Å². The largest absolute Gasteiger partial charge is 0.467 e. The van der Waals surface area contributed by atoms with Crippen molar-refractivity contribution in [3.8, 4) is 0 Å². The van der Waals surface area contributed by atoms with Gasteiger partial charge in [0.25, 0.3) is 0 Å². The van der Waals surface area contributed by atoms with Crippen molar-refractivity contribution >= 4 is 0 Å². The van der Waals surface area contributed by atoms with Crippen LogP contribution in [-0.4, -0.2) is 6.54 Å². The molecule has 11 heavy (non-hydrogen) atoms. The van der Waals surface area contributed by atoms with Crippen LogP contribution in [0.1, 0.15) is 27.2 Å². The number of hydrogen-bond acceptors (Lipinski definition) is 1. The van der Waals surface area contributed by atoms with Crippen molar-refractivity contribution in [1.29, 1.82) is 0 Å². The van der Waals surface area contributed by atoms with E-state index in [9.17, 15) is 0 Å². The second kappa shape index (κ2) is 2.85. The molecular weight excluding hydrogens is 306 g/mol. The second-order valence-electron chi connectivity index (χ2n) is 4.10. The number of piperidine rings is 1. The first-order valence-corrected chi connectivity index (χ1v) is 4.26. The second-order valence-corrected chi connectivity index (χ2v) is 4.10. The van der Waals surface area contributed by atoms with Crippen LogP contribution in [0, 0.1) is 23.3 Å². The number of hydrogen-bond donors (Lipinski definition) is 1. The fraction of sp³-hybridized carbons (Fsp3) is 0.889. The van der Waals surface area contributed by atoms with Crippen molar-refractivity contribution in [2.75, 3.05) is 6.54 Å². The Balaban J connectivity index is 0.000000605. The van der Waals surface area contributed by atoms with Crippen LogP contribution >= 0.6 is 0 Å². The molecule has 64 valence electrons. The molecule has 2 heteroatoms. The minimum atomic E-state index is 0. The Morgan fingerprint density at radius 3 is 2.36 bits per heavy atom. The zero-order valence-corrected chi connectivity index (χ0v) is 10.4. The summed E-state index contributed by atoms with van der Waals surface area (Å²) in [7, 11) is 0. The van der Waals surface area contributed by atoms with Crippen molar-refractivity contribution in [3.05, 3.63) is 6.04 Å². The van der Waals surface area contributed by atoms with Gasteiger partial charge in [-0.3, -0.25) is 6.04 Å². The van der Waals surface area contributed by atoms with E-state index < -0.39 is 0 Å². The van der Waals surface area contributed by atoms with Crippen LogP contribution in [0.25, 0.3) is 0 Å². The molecule has 0 spiro atoms. The van der Waals surface area contributed by atoms with E-state index in [0.29, 0.717) is 5.41 Å². The molecular formula is C9H16NW-. The Kier molecular flexibility index (Phi) is 2.52. The average Bonchev–Trinajstić information content (AvgIpc) is 2.52. The molecule has 2 atom stereocenters. The quantitative estimate of drug-likeness (QED) is 0.726. The van der Waals surface area contributed by atoms with Gasteiger partial charge in [-0.05, 0) is 6.54 Å². The van der Waals surface area contributed by atoms with Gasteiger partial charge in [0.1, 0.15) is 0 Å². The topological polar surface area (TPSA) is 12.0 Å². The van der Waals surface area contributed by atoms with Gasteiger partial charge in [0, 0.05) is 21.1 Å². The summed E-state index contributed by atoms with van der Waals surface area (Å²) in [5, 5.41) is 3.46. The van der Waals surface area contributed by atoms with Crippen LogP contribution in [0.2, 0.25) is 0 Å². The van der Waals surface area contributed by atoms with Gasteiger partial charge < -0.3 is 5.32 Å². The first-order chi connectivity index (χ1) is 4.68. The molecule has 0 aromatic heterocycles. The normalized spacial score (nSPS) is 42.0. The Bertz CT molecular complexity index is 154. The summed E-state index contributed by atoms with van der Waals surface area (Å²) in [6, 6.07) is 1.55. The van der Waals surface area contributed by atoms with Crippen molar-refractivity contribution in [2.45, 2.75) is 27.2 Å². The molecule has 1 saturated carbocycles. The molecule has 2 rings (SSSR count). The van der Waals surface area contributed by atoms with Crippen LogP contribution in [0.5, 0.6) is 0 Å². The van der Waals surface area contributed by atoms with Crippen molar-refractivity contribution in [2.24, 2.45) is 17.3 Å². The number of nitrogens with one attached hydrogen (secondary N) is 1. The zero-order valence-electron chi connectivity index (χ0n) is 7.48. The van der Waals surface area contributed by atoms with Crippen molar-refractivity contribution in [3.63, 3.8) is 0 Å². The monoisotopic (exact) mass is 322 g/mol. The van der Waals surface area contributed by atoms with E-state index in [0.717, 1.165) is 11.8 Å². The molecule has 0 amide bonds. The molecule has 0 aromatic carbocycles. The minimum absolute atomic E-state index is 0. The molecule has 2 fully saturated rings. The van der Waals surface area contributed by atoms with Gasteiger partial charge in [-0.15, -0.1) is 5.41 Å². The summed E-state index contributed by atoms with van der Waals surface area (Å²) in [4.78, 5) is 0. The molecule has 1 aliphatic heterocycles. The van der Waals surface area contributed by atoms with Gasteiger partial charge in [0.15, 0.2) is 0 Å². The first kappa shape index (κ1) is 9.73. The summed E-state index contributed by atoms with van der Waals surface area (Å²) in [5.41, 5.74) is 0.625. The van der Waals surface area contributed by atoms with Crippen molar-refractivity contribution in [1.82, 2.24) is 5.32 Å². The molecule has 0 radical (unpaired) electrons. The van der Waals surface area contributed by atoms with E-state index in [1.807, 2.05) is 0 Å². The Morgan fingerprint density at radius 1 is 1.55 bits per heavy atom. The van der Waals surface area contributed by atoms with Gasteiger partial charge in [-0.25, -0.2) is 0 Å². The van der Waals surface area contributed by atoms with Crippen LogP contribution in [0.3, 0.4) is 0 Å². The van der Waals surface area contributed by atoms with Gasteiger partial charge in [0.2, 0.25) is 0 Å². The van der Waals surface area contributed by atoms with Crippen LogP contribution in [0.4, 0.5) is 0 Å². The maximum Gasteiger partial charge on any atom is 0 e. The predicted molar refractivity (Wildman–Crippen MR) is 42.3 cm³/mol. The predicted octanol–water partition coefficient (Wildman–Crippen LogP) is 1.80. The third kappa shape index (κ3) is 1.12. The van der Waals surface area contributed by atoms with E-state index in [4.69, 9.17) is 0 Å². The molecule has 1 nitrogen and oxygen atoms in total. The first-order valence-electron chi connectivity index (χ1n) is 4.26. The SMILES string of the molecule is C[C-]1NCC2CC12C(C)C.[W]. The number of fused-ring (bicyclic) bond motifs is 1. The summed E-state index contributed by atoms with van der Waals surface area (Å²) in [6.45, 7) is 8.18. The molecule has 1 N–H and O–H groups in total. The fourth-order valence-electron chi connectivity index (χ4n) is 2.64. The molecule has 2 unspecified atom stereocenters. The summed E-state index contributed by atoms with van der Waals surface area (Å²) in [6.07, 6.45) is 1.45. The third-order valence-corrected chi connectivity index (χ3v) is 3.49. The van der Waals surface area contributed by atoms with Crippen LogP contribution in [0.15, 0.2) is 0 Å². The standard InChI is InChI=1S/C9H16N.W/c1-6(2)9-4-8(9)5-10-7(9)3;/h6,8,10H,4-5H2,1-3H3;/q-1;. The fourth-order valence-corrected chi connectivity index (χ4v) is 2.64. The van der Waals surface area contributed by atoms with Crippen LogP contribution < -0.4 is 5.32 Å². The molecule has 0 bridgehead atoms. The van der Waals surface area contributed by atoms with Gasteiger partial charge in [0.05, 0.1) is 0 Å². The van der Waals surface area contributed by atoms with E-state index in [1.165, 1.54) is 13.0 Å². The van der Waals surface area contributed by atoms with E-state index in [2.05, 4.69) is 26.1 Å². The Hall–Kier alpha value is 0.648. The third-order valence-electron chi connectivity index (χ3n) is 3.49. The molecule has 1 saturated heterocycles.